The minimum Gasteiger partial charge on any atom is -0.497 e. The third-order valence-corrected chi connectivity index (χ3v) is 4.90. The van der Waals surface area contributed by atoms with Crippen LogP contribution in [0.15, 0.2) is 66.4 Å². The van der Waals surface area contributed by atoms with Crippen LogP contribution >= 0.6 is 0 Å². The number of ketones is 1. The van der Waals surface area contributed by atoms with Crippen LogP contribution in [0.3, 0.4) is 0 Å². The number of carbonyl (C=O) groups excluding carboxylic acids is 2. The van der Waals surface area contributed by atoms with Gasteiger partial charge in [0.1, 0.15) is 28.7 Å². The van der Waals surface area contributed by atoms with Crippen LogP contribution < -0.4 is 23.7 Å². The smallest absolute Gasteiger partial charge is 0.343 e. The van der Waals surface area contributed by atoms with Crippen LogP contribution in [0.1, 0.15) is 26.3 Å². The van der Waals surface area contributed by atoms with Gasteiger partial charge < -0.3 is 23.7 Å². The number of carbonyl (C=O) groups is 2. The summed E-state index contributed by atoms with van der Waals surface area (Å²) in [6, 6.07) is 16.5. The van der Waals surface area contributed by atoms with Gasteiger partial charge in [0, 0.05) is 17.7 Å². The quantitative estimate of drug-likeness (QED) is 0.321. The van der Waals surface area contributed by atoms with Gasteiger partial charge in [-0.2, -0.15) is 0 Å². The molecule has 0 aromatic heterocycles. The van der Waals surface area contributed by atoms with Gasteiger partial charge in [-0.05, 0) is 54.6 Å². The molecule has 0 saturated carbocycles. The monoisotopic (exact) mass is 432 g/mol. The fourth-order valence-corrected chi connectivity index (χ4v) is 3.20. The second-order valence-corrected chi connectivity index (χ2v) is 6.82. The van der Waals surface area contributed by atoms with Crippen LogP contribution in [0.4, 0.5) is 0 Å². The highest BCUT2D eigenvalue weighted by atomic mass is 16.5. The van der Waals surface area contributed by atoms with E-state index in [9.17, 15) is 9.59 Å². The van der Waals surface area contributed by atoms with Crippen molar-refractivity contribution in [3.8, 4) is 28.7 Å². The number of ether oxygens (including phenoxy) is 5. The van der Waals surface area contributed by atoms with E-state index in [2.05, 4.69) is 0 Å². The summed E-state index contributed by atoms with van der Waals surface area (Å²) in [4.78, 5) is 25.2. The maximum absolute atomic E-state index is 12.8. The topological polar surface area (TPSA) is 80.3 Å². The maximum Gasteiger partial charge on any atom is 0.343 e. The molecule has 0 bridgehead atoms. The molecule has 0 fully saturated rings. The molecule has 4 rings (SSSR count). The normalized spacial score (nSPS) is 13.3. The van der Waals surface area contributed by atoms with Gasteiger partial charge >= 0.3 is 5.97 Å². The lowest BCUT2D eigenvalue weighted by Gasteiger charge is -2.08. The first-order chi connectivity index (χ1) is 15.5. The Morgan fingerprint density at radius 3 is 2.19 bits per heavy atom. The highest BCUT2D eigenvalue weighted by molar-refractivity contribution is 6.14. The van der Waals surface area contributed by atoms with Crippen molar-refractivity contribution in [2.24, 2.45) is 0 Å². The van der Waals surface area contributed by atoms with Crippen molar-refractivity contribution in [3.63, 3.8) is 0 Å². The summed E-state index contributed by atoms with van der Waals surface area (Å²) in [5.41, 5.74) is 1.42. The van der Waals surface area contributed by atoms with Gasteiger partial charge in [-0.3, -0.25) is 4.79 Å². The van der Waals surface area contributed by atoms with Crippen LogP contribution in [0.5, 0.6) is 28.7 Å². The summed E-state index contributed by atoms with van der Waals surface area (Å²) in [5, 5.41) is 0. The lowest BCUT2D eigenvalue weighted by atomic mass is 10.1. The van der Waals surface area contributed by atoms with Crippen molar-refractivity contribution in [1.29, 1.82) is 0 Å². The first-order valence-electron chi connectivity index (χ1n) is 9.69. The average molecular weight is 432 g/mol. The van der Waals surface area contributed by atoms with Gasteiger partial charge in [0.2, 0.25) is 5.78 Å². The molecular formula is C25H20O7. The van der Waals surface area contributed by atoms with Gasteiger partial charge in [-0.1, -0.05) is 0 Å². The third-order valence-electron chi connectivity index (χ3n) is 4.90. The number of Topliss-reactive ketones (excluding diaryl/α,β-unsaturated/α-hetero) is 1. The average Bonchev–Trinajstić information content (AvgIpc) is 3.13. The molecule has 7 heteroatoms. The van der Waals surface area contributed by atoms with E-state index in [1.165, 1.54) is 13.2 Å². The van der Waals surface area contributed by atoms with E-state index in [0.29, 0.717) is 39.7 Å². The number of esters is 1. The Bertz CT molecular complexity index is 1210. The van der Waals surface area contributed by atoms with Gasteiger partial charge in [0.15, 0.2) is 5.76 Å². The van der Waals surface area contributed by atoms with Gasteiger partial charge in [0.05, 0.1) is 32.5 Å². The molecule has 0 spiro atoms. The fourth-order valence-electron chi connectivity index (χ4n) is 3.20. The zero-order chi connectivity index (χ0) is 22.7. The molecule has 3 aromatic carbocycles. The number of allylic oxidation sites excluding steroid dienone is 1. The molecule has 0 N–H and O–H groups in total. The van der Waals surface area contributed by atoms with Gasteiger partial charge in [-0.25, -0.2) is 4.79 Å². The molecule has 0 radical (unpaired) electrons. The Hall–Kier alpha value is -4.26. The van der Waals surface area contributed by atoms with Crippen molar-refractivity contribution in [3.05, 3.63) is 83.1 Å². The number of methoxy groups -OCH3 is 3. The fraction of sp³-hybridized carbons (Fsp3) is 0.120. The van der Waals surface area contributed by atoms with Crippen molar-refractivity contribution in [2.75, 3.05) is 21.3 Å². The summed E-state index contributed by atoms with van der Waals surface area (Å²) in [7, 11) is 4.64. The Kier molecular flexibility index (Phi) is 5.81. The zero-order valence-corrected chi connectivity index (χ0v) is 17.7. The molecule has 0 unspecified atom stereocenters. The second-order valence-electron chi connectivity index (χ2n) is 6.82. The second kappa shape index (κ2) is 8.85. The first kappa shape index (κ1) is 21.0. The van der Waals surface area contributed by atoms with E-state index < -0.39 is 5.97 Å². The predicted octanol–water partition coefficient (Wildman–Crippen LogP) is 4.55. The molecule has 0 aliphatic carbocycles. The van der Waals surface area contributed by atoms with Crippen molar-refractivity contribution in [1.82, 2.24) is 0 Å². The standard InChI is InChI=1S/C25H20O7/c1-28-17-7-4-15(5-8-17)25(27)31-19-10-11-20-22(14-19)32-23(24(20)26)12-16-6-9-18(29-2)13-21(16)30-3/h4-14H,1-3H3/b23-12-. The molecule has 32 heavy (non-hydrogen) atoms. The molecule has 0 amide bonds. The van der Waals surface area contributed by atoms with Gasteiger partial charge in [0.25, 0.3) is 0 Å². The van der Waals surface area contributed by atoms with E-state index in [0.717, 1.165) is 0 Å². The van der Waals surface area contributed by atoms with Crippen LogP contribution in [-0.4, -0.2) is 33.1 Å². The lowest BCUT2D eigenvalue weighted by molar-refractivity contribution is 0.0734. The molecule has 3 aromatic rings. The van der Waals surface area contributed by atoms with Crippen LogP contribution in [0.2, 0.25) is 0 Å². The molecule has 162 valence electrons. The Morgan fingerprint density at radius 2 is 1.50 bits per heavy atom. The van der Waals surface area contributed by atoms with E-state index in [1.807, 2.05) is 0 Å². The summed E-state index contributed by atoms with van der Waals surface area (Å²) in [5.74, 6) is 1.73. The summed E-state index contributed by atoms with van der Waals surface area (Å²) in [6.45, 7) is 0. The van der Waals surface area contributed by atoms with Gasteiger partial charge in [-0.15, -0.1) is 0 Å². The number of rotatable bonds is 6. The van der Waals surface area contributed by atoms with E-state index in [4.69, 9.17) is 23.7 Å². The van der Waals surface area contributed by atoms with Crippen molar-refractivity contribution >= 4 is 17.8 Å². The molecule has 1 aliphatic heterocycles. The summed E-state index contributed by atoms with van der Waals surface area (Å²) in [6.07, 6.45) is 1.60. The van der Waals surface area contributed by atoms with Crippen LogP contribution in [0, 0.1) is 0 Å². The van der Waals surface area contributed by atoms with E-state index >= 15 is 0 Å². The predicted molar refractivity (Wildman–Crippen MR) is 117 cm³/mol. The Labute approximate surface area is 184 Å². The number of hydrogen-bond acceptors (Lipinski definition) is 7. The minimum absolute atomic E-state index is 0.141. The van der Waals surface area contributed by atoms with Crippen LogP contribution in [-0.2, 0) is 0 Å². The minimum atomic E-state index is -0.532. The lowest BCUT2D eigenvalue weighted by Crippen LogP contribution is -2.08. The Morgan fingerprint density at radius 1 is 0.812 bits per heavy atom. The first-order valence-corrected chi connectivity index (χ1v) is 9.69. The molecule has 1 heterocycles. The molecule has 7 nitrogen and oxygen atoms in total. The van der Waals surface area contributed by atoms with Crippen molar-refractivity contribution < 1.29 is 33.3 Å². The zero-order valence-electron chi connectivity index (χ0n) is 17.7. The van der Waals surface area contributed by atoms with E-state index in [1.54, 1.807) is 74.9 Å². The highest BCUT2D eigenvalue weighted by Crippen LogP contribution is 2.36. The maximum atomic E-state index is 12.8. The van der Waals surface area contributed by atoms with Crippen molar-refractivity contribution in [2.45, 2.75) is 0 Å². The largest absolute Gasteiger partial charge is 0.497 e. The molecular weight excluding hydrogens is 412 g/mol. The number of benzene rings is 3. The van der Waals surface area contributed by atoms with Crippen LogP contribution in [0.25, 0.3) is 6.08 Å². The molecule has 1 aliphatic rings. The highest BCUT2D eigenvalue weighted by Gasteiger charge is 2.28. The number of hydrogen-bond donors (Lipinski definition) is 0. The number of fused-ring (bicyclic) bond motifs is 1. The SMILES string of the molecule is COc1ccc(C(=O)Oc2ccc3c(c2)O/C(=C\c2ccc(OC)cc2OC)C3=O)cc1. The summed E-state index contributed by atoms with van der Waals surface area (Å²) >= 11 is 0. The Balaban J connectivity index is 1.54. The summed E-state index contributed by atoms with van der Waals surface area (Å²) < 4.78 is 26.8. The third kappa shape index (κ3) is 4.13. The van der Waals surface area contributed by atoms with E-state index in [-0.39, 0.29) is 17.3 Å². The molecule has 0 saturated heterocycles. The molecule has 0 atom stereocenters.